The first-order valence-corrected chi connectivity index (χ1v) is 6.87. The van der Waals surface area contributed by atoms with Gasteiger partial charge in [-0.05, 0) is 37.5 Å². The Labute approximate surface area is 114 Å². The molecule has 2 rings (SSSR count). The molecule has 1 aliphatic heterocycles. The van der Waals surface area contributed by atoms with Gasteiger partial charge in [-0.15, -0.1) is 0 Å². The number of hydrogen-bond acceptors (Lipinski definition) is 3. The molecule has 1 aromatic rings. The molecule has 19 heavy (non-hydrogen) atoms. The van der Waals surface area contributed by atoms with Crippen LogP contribution in [0.1, 0.15) is 39.2 Å². The second-order valence-electron chi connectivity index (χ2n) is 5.29. The molecule has 2 N–H and O–H groups in total. The first-order chi connectivity index (χ1) is 9.06. The fourth-order valence-corrected chi connectivity index (χ4v) is 2.06. The Morgan fingerprint density at radius 2 is 2.11 bits per heavy atom. The lowest BCUT2D eigenvalue weighted by molar-refractivity contribution is -0.118. The van der Waals surface area contributed by atoms with E-state index < -0.39 is 0 Å². The number of hydrogen-bond donors (Lipinski definition) is 2. The largest absolute Gasteiger partial charge is 0.482 e. The fourth-order valence-electron chi connectivity index (χ4n) is 2.06. The van der Waals surface area contributed by atoms with Gasteiger partial charge in [-0.3, -0.25) is 4.79 Å². The normalized spacial score (nSPS) is 14.6. The SMILES string of the molecule is CCC(C)(CC)NCc1ccc2c(c1)NC(=O)CO2. The lowest BCUT2D eigenvalue weighted by Gasteiger charge is -2.28. The van der Waals surface area contributed by atoms with Crippen LogP contribution in [0, 0.1) is 0 Å². The first-order valence-electron chi connectivity index (χ1n) is 6.87. The molecule has 1 aliphatic rings. The number of carbonyl (C=O) groups excluding carboxylic acids is 1. The number of benzene rings is 1. The average molecular weight is 262 g/mol. The first kappa shape index (κ1) is 13.9. The molecule has 0 aromatic heterocycles. The molecule has 0 saturated heterocycles. The minimum atomic E-state index is -0.0930. The molecule has 0 unspecified atom stereocenters. The van der Waals surface area contributed by atoms with Gasteiger partial charge in [-0.1, -0.05) is 19.9 Å². The molecule has 0 aliphatic carbocycles. The smallest absolute Gasteiger partial charge is 0.262 e. The lowest BCUT2D eigenvalue weighted by Crippen LogP contribution is -2.40. The van der Waals surface area contributed by atoms with E-state index in [9.17, 15) is 4.79 Å². The highest BCUT2D eigenvalue weighted by molar-refractivity contribution is 5.95. The number of anilines is 1. The Hall–Kier alpha value is -1.55. The second kappa shape index (κ2) is 5.61. The molecular weight excluding hydrogens is 240 g/mol. The summed E-state index contributed by atoms with van der Waals surface area (Å²) in [7, 11) is 0. The zero-order chi connectivity index (χ0) is 13.9. The number of fused-ring (bicyclic) bond motifs is 1. The Morgan fingerprint density at radius 1 is 1.37 bits per heavy atom. The van der Waals surface area contributed by atoms with Gasteiger partial charge in [-0.2, -0.15) is 0 Å². The molecule has 1 amide bonds. The van der Waals surface area contributed by atoms with Crippen molar-refractivity contribution in [2.45, 2.75) is 45.7 Å². The van der Waals surface area contributed by atoms with Gasteiger partial charge in [0.15, 0.2) is 6.61 Å². The van der Waals surface area contributed by atoms with E-state index in [1.54, 1.807) is 0 Å². The van der Waals surface area contributed by atoms with Gasteiger partial charge in [-0.25, -0.2) is 0 Å². The van der Waals surface area contributed by atoms with Crippen molar-refractivity contribution < 1.29 is 9.53 Å². The molecule has 4 heteroatoms. The Morgan fingerprint density at radius 3 is 2.79 bits per heavy atom. The van der Waals surface area contributed by atoms with Gasteiger partial charge in [0.05, 0.1) is 5.69 Å². The summed E-state index contributed by atoms with van der Waals surface area (Å²) in [6.07, 6.45) is 2.18. The van der Waals surface area contributed by atoms with Crippen molar-refractivity contribution >= 4 is 11.6 Å². The van der Waals surface area contributed by atoms with Gasteiger partial charge >= 0.3 is 0 Å². The Bertz CT molecular complexity index is 467. The summed E-state index contributed by atoms with van der Waals surface area (Å²) in [5.41, 5.74) is 2.08. The Kier molecular flexibility index (Phi) is 4.10. The van der Waals surface area contributed by atoms with E-state index in [-0.39, 0.29) is 18.1 Å². The van der Waals surface area contributed by atoms with Gasteiger partial charge in [0.25, 0.3) is 5.91 Å². The molecule has 0 saturated carbocycles. The van der Waals surface area contributed by atoms with Gasteiger partial charge in [0.1, 0.15) is 5.75 Å². The predicted molar refractivity (Wildman–Crippen MR) is 76.4 cm³/mol. The molecule has 0 fully saturated rings. The van der Waals surface area contributed by atoms with Crippen LogP contribution in [0.25, 0.3) is 0 Å². The van der Waals surface area contributed by atoms with E-state index in [1.807, 2.05) is 18.2 Å². The predicted octanol–water partition coefficient (Wildman–Crippen LogP) is 2.69. The van der Waals surface area contributed by atoms with Gasteiger partial charge in [0, 0.05) is 12.1 Å². The van der Waals surface area contributed by atoms with E-state index in [0.717, 1.165) is 36.4 Å². The highest BCUT2D eigenvalue weighted by Gasteiger charge is 2.19. The molecule has 0 radical (unpaired) electrons. The Balaban J connectivity index is 2.06. The second-order valence-corrected chi connectivity index (χ2v) is 5.29. The topological polar surface area (TPSA) is 50.4 Å². The van der Waals surface area contributed by atoms with Crippen molar-refractivity contribution in [3.05, 3.63) is 23.8 Å². The van der Waals surface area contributed by atoms with Crippen molar-refractivity contribution in [1.29, 1.82) is 0 Å². The average Bonchev–Trinajstić information content (AvgIpc) is 2.44. The summed E-state index contributed by atoms with van der Waals surface area (Å²) >= 11 is 0. The van der Waals surface area contributed by atoms with E-state index in [0.29, 0.717) is 0 Å². The molecule has 4 nitrogen and oxygen atoms in total. The van der Waals surface area contributed by atoms with Crippen LogP contribution >= 0.6 is 0 Å². The molecule has 1 heterocycles. The summed E-state index contributed by atoms with van der Waals surface area (Å²) in [5, 5.41) is 6.41. The van der Waals surface area contributed by atoms with E-state index in [2.05, 4.69) is 31.4 Å². The summed E-state index contributed by atoms with van der Waals surface area (Å²) in [4.78, 5) is 11.3. The van der Waals surface area contributed by atoms with Crippen molar-refractivity contribution in [3.63, 3.8) is 0 Å². The van der Waals surface area contributed by atoms with Crippen LogP contribution in [0.2, 0.25) is 0 Å². The van der Waals surface area contributed by atoms with Crippen LogP contribution in [0.4, 0.5) is 5.69 Å². The zero-order valence-electron chi connectivity index (χ0n) is 11.9. The standard InChI is InChI=1S/C15H22N2O2/c1-4-15(3,5-2)16-9-11-6-7-13-12(8-11)17-14(18)10-19-13/h6-8,16H,4-5,9-10H2,1-3H3,(H,17,18). The van der Waals surface area contributed by atoms with Crippen molar-refractivity contribution in [1.82, 2.24) is 5.32 Å². The molecule has 104 valence electrons. The van der Waals surface area contributed by atoms with Crippen LogP contribution in [-0.4, -0.2) is 18.1 Å². The third-order valence-corrected chi connectivity index (χ3v) is 3.96. The van der Waals surface area contributed by atoms with Crippen LogP contribution < -0.4 is 15.4 Å². The minimum Gasteiger partial charge on any atom is -0.482 e. The highest BCUT2D eigenvalue weighted by Crippen LogP contribution is 2.28. The highest BCUT2D eigenvalue weighted by atomic mass is 16.5. The molecule has 0 spiro atoms. The number of amides is 1. The van der Waals surface area contributed by atoms with Crippen LogP contribution in [0.5, 0.6) is 5.75 Å². The van der Waals surface area contributed by atoms with Crippen molar-refractivity contribution in [2.24, 2.45) is 0 Å². The summed E-state index contributed by atoms with van der Waals surface area (Å²) in [6, 6.07) is 5.93. The van der Waals surface area contributed by atoms with E-state index in [4.69, 9.17) is 4.74 Å². The molecule has 1 aromatic carbocycles. The quantitative estimate of drug-likeness (QED) is 0.857. The van der Waals surface area contributed by atoms with Crippen LogP contribution in [0.3, 0.4) is 0 Å². The zero-order valence-corrected chi connectivity index (χ0v) is 11.9. The third kappa shape index (κ3) is 3.26. The lowest BCUT2D eigenvalue weighted by atomic mass is 9.95. The number of nitrogens with one attached hydrogen (secondary N) is 2. The number of rotatable bonds is 5. The van der Waals surface area contributed by atoms with Gasteiger partial charge in [0.2, 0.25) is 0 Å². The van der Waals surface area contributed by atoms with E-state index in [1.165, 1.54) is 0 Å². The monoisotopic (exact) mass is 262 g/mol. The number of ether oxygens (including phenoxy) is 1. The van der Waals surface area contributed by atoms with Crippen LogP contribution in [-0.2, 0) is 11.3 Å². The molecule has 0 bridgehead atoms. The molecule has 0 atom stereocenters. The van der Waals surface area contributed by atoms with Crippen molar-refractivity contribution in [2.75, 3.05) is 11.9 Å². The van der Waals surface area contributed by atoms with E-state index >= 15 is 0 Å². The molecular formula is C15H22N2O2. The summed E-state index contributed by atoms with van der Waals surface area (Å²) in [5.74, 6) is 0.654. The minimum absolute atomic E-state index is 0.0930. The fraction of sp³-hybridized carbons (Fsp3) is 0.533. The third-order valence-electron chi connectivity index (χ3n) is 3.96. The van der Waals surface area contributed by atoms with Crippen molar-refractivity contribution in [3.8, 4) is 5.75 Å². The maximum absolute atomic E-state index is 11.3. The maximum Gasteiger partial charge on any atom is 0.262 e. The number of carbonyl (C=O) groups is 1. The van der Waals surface area contributed by atoms with Gasteiger partial charge < -0.3 is 15.4 Å². The summed E-state index contributed by atoms with van der Waals surface area (Å²) < 4.78 is 5.35. The maximum atomic E-state index is 11.3. The van der Waals surface area contributed by atoms with Crippen LogP contribution in [0.15, 0.2) is 18.2 Å². The summed E-state index contributed by atoms with van der Waals surface area (Å²) in [6.45, 7) is 7.51.